The van der Waals surface area contributed by atoms with Crippen LogP contribution in [0, 0.1) is 0 Å². The lowest BCUT2D eigenvalue weighted by Gasteiger charge is -2.24. The van der Waals surface area contributed by atoms with Crippen LogP contribution >= 0.6 is 22.9 Å². The van der Waals surface area contributed by atoms with Crippen molar-refractivity contribution in [1.82, 2.24) is 14.9 Å². The van der Waals surface area contributed by atoms with E-state index in [0.717, 1.165) is 4.88 Å². The number of aromatic nitrogens is 2. The summed E-state index contributed by atoms with van der Waals surface area (Å²) < 4.78 is 38.7. The van der Waals surface area contributed by atoms with Gasteiger partial charge in [0.05, 0.1) is 11.6 Å². The number of carbonyl (C=O) groups is 1. The average Bonchev–Trinajstić information content (AvgIpc) is 2.89. The zero-order valence-electron chi connectivity index (χ0n) is 13.3. The minimum atomic E-state index is -4.57. The Balaban J connectivity index is 1.88. The summed E-state index contributed by atoms with van der Waals surface area (Å²) in [7, 11) is 1.33. The van der Waals surface area contributed by atoms with Crippen LogP contribution in [0.15, 0.2) is 6.20 Å². The van der Waals surface area contributed by atoms with Crippen molar-refractivity contribution >= 4 is 45.8 Å². The number of thiophene rings is 1. The number of rotatable bonds is 3. The predicted octanol–water partition coefficient (Wildman–Crippen LogP) is 4.03. The van der Waals surface area contributed by atoms with Crippen molar-refractivity contribution in [1.29, 1.82) is 0 Å². The van der Waals surface area contributed by atoms with Crippen LogP contribution in [0.5, 0.6) is 0 Å². The third-order valence-corrected chi connectivity index (χ3v) is 5.55. The predicted molar refractivity (Wildman–Crippen MR) is 91.3 cm³/mol. The Hall–Kier alpha value is -2.27. The number of halogens is 4. The normalized spacial score (nSPS) is 14.1. The lowest BCUT2D eigenvalue weighted by molar-refractivity contribution is -0.137. The molecule has 2 aromatic heterocycles. The third-order valence-electron chi connectivity index (χ3n) is 3.81. The molecule has 0 saturated carbocycles. The highest BCUT2D eigenvalue weighted by molar-refractivity contribution is 7.17. The third kappa shape index (κ3) is 3.49. The molecule has 2 aromatic rings. The van der Waals surface area contributed by atoms with Crippen LogP contribution in [0.4, 0.5) is 34.7 Å². The first-order chi connectivity index (χ1) is 12.2. The highest BCUT2D eigenvalue weighted by Crippen LogP contribution is 2.42. The molecule has 3 heterocycles. The van der Waals surface area contributed by atoms with Gasteiger partial charge in [-0.3, -0.25) is 0 Å². The van der Waals surface area contributed by atoms with Crippen molar-refractivity contribution in [3.8, 4) is 0 Å². The Bertz CT molecular complexity index is 858. The molecule has 0 saturated heterocycles. The first-order valence-electron chi connectivity index (χ1n) is 7.37. The number of anilines is 3. The van der Waals surface area contributed by atoms with E-state index in [9.17, 15) is 18.0 Å². The number of carboxylic acid groups (broad SMARTS) is 1. The maximum atomic E-state index is 12.9. The molecule has 3 rings (SSSR count). The fourth-order valence-electron chi connectivity index (χ4n) is 2.54. The van der Waals surface area contributed by atoms with E-state index >= 15 is 0 Å². The highest BCUT2D eigenvalue weighted by atomic mass is 35.5. The van der Waals surface area contributed by atoms with Gasteiger partial charge in [-0.25, -0.2) is 9.78 Å². The molecule has 1 amide bonds. The van der Waals surface area contributed by atoms with Crippen LogP contribution in [-0.2, 0) is 19.1 Å². The number of fused-ring (bicyclic) bond motifs is 1. The molecule has 0 atom stereocenters. The smallest absolute Gasteiger partial charge is 0.421 e. The second kappa shape index (κ2) is 6.80. The van der Waals surface area contributed by atoms with Crippen LogP contribution in [0.25, 0.3) is 0 Å². The highest BCUT2D eigenvalue weighted by Gasteiger charge is 2.35. The largest absolute Gasteiger partial charge is 0.465 e. The van der Waals surface area contributed by atoms with Crippen LogP contribution in [0.2, 0.25) is 5.02 Å². The molecule has 7 nitrogen and oxygen atoms in total. The van der Waals surface area contributed by atoms with Crippen molar-refractivity contribution in [3.05, 3.63) is 27.2 Å². The topological polar surface area (TPSA) is 90.4 Å². The number of nitrogens with one attached hydrogen (secondary N) is 2. The molecule has 1 aliphatic heterocycles. The molecule has 1 aliphatic rings. The maximum absolute atomic E-state index is 12.9. The number of nitrogens with zero attached hydrogens (tertiary/aromatic N) is 3. The second-order valence-corrected chi connectivity index (χ2v) is 6.91. The van der Waals surface area contributed by atoms with Crippen molar-refractivity contribution in [2.45, 2.75) is 19.1 Å². The summed E-state index contributed by atoms with van der Waals surface area (Å²) in [6, 6.07) is 0. The van der Waals surface area contributed by atoms with Gasteiger partial charge in [0.2, 0.25) is 5.95 Å². The molecule has 0 aromatic carbocycles. The standard InChI is InChI=1S/C14H13ClF3N5O2S/c1-19-10-7(14(16,17)18)4-20-12(21-10)22-11-9(15)6-5-23(13(24)25)3-2-8(6)26-11/h4H,2-3,5H2,1H3,(H,24,25)(H2,19,20,21,22). The molecular formula is C14H13ClF3N5O2S. The van der Waals surface area contributed by atoms with Gasteiger partial charge in [-0.1, -0.05) is 11.6 Å². The van der Waals surface area contributed by atoms with E-state index in [-0.39, 0.29) is 18.3 Å². The number of amides is 1. The molecule has 12 heteroatoms. The fourth-order valence-corrected chi connectivity index (χ4v) is 4.02. The Kier molecular flexibility index (Phi) is 4.84. The first-order valence-corrected chi connectivity index (χ1v) is 8.57. The summed E-state index contributed by atoms with van der Waals surface area (Å²) >= 11 is 7.63. The van der Waals surface area contributed by atoms with Crippen LogP contribution in [0.1, 0.15) is 16.0 Å². The Morgan fingerprint density at radius 3 is 2.81 bits per heavy atom. The monoisotopic (exact) mass is 407 g/mol. The van der Waals surface area contributed by atoms with E-state index in [1.54, 1.807) is 0 Å². The van der Waals surface area contributed by atoms with Gasteiger partial charge in [-0.2, -0.15) is 18.2 Å². The van der Waals surface area contributed by atoms with E-state index < -0.39 is 17.8 Å². The van der Waals surface area contributed by atoms with Crippen LogP contribution < -0.4 is 10.6 Å². The van der Waals surface area contributed by atoms with E-state index in [1.165, 1.54) is 23.3 Å². The van der Waals surface area contributed by atoms with Gasteiger partial charge >= 0.3 is 12.3 Å². The Morgan fingerprint density at radius 1 is 1.46 bits per heavy atom. The average molecular weight is 408 g/mol. The molecule has 0 aliphatic carbocycles. The molecule has 0 spiro atoms. The van der Waals surface area contributed by atoms with Gasteiger partial charge in [0.25, 0.3) is 0 Å². The summed E-state index contributed by atoms with van der Waals surface area (Å²) in [4.78, 5) is 20.8. The van der Waals surface area contributed by atoms with Gasteiger partial charge in [-0.15, -0.1) is 11.3 Å². The SMILES string of the molecule is CNc1nc(Nc2sc3c(c2Cl)CN(C(=O)O)CC3)ncc1C(F)(F)F. The van der Waals surface area contributed by atoms with Gasteiger partial charge in [0, 0.05) is 36.7 Å². The van der Waals surface area contributed by atoms with Gasteiger partial charge < -0.3 is 20.6 Å². The number of hydrogen-bond acceptors (Lipinski definition) is 6. The Labute approximate surface area is 154 Å². The van der Waals surface area contributed by atoms with E-state index in [0.29, 0.717) is 34.7 Å². The summed E-state index contributed by atoms with van der Waals surface area (Å²) in [5.74, 6) is -0.401. The van der Waals surface area contributed by atoms with E-state index in [1.807, 2.05) is 0 Å². The maximum Gasteiger partial charge on any atom is 0.421 e. The molecular weight excluding hydrogens is 395 g/mol. The number of hydrogen-bond donors (Lipinski definition) is 3. The van der Waals surface area contributed by atoms with E-state index in [2.05, 4.69) is 20.6 Å². The first kappa shape index (κ1) is 18.5. The molecule has 3 N–H and O–H groups in total. The van der Waals surface area contributed by atoms with Crippen molar-refractivity contribution < 1.29 is 23.1 Å². The van der Waals surface area contributed by atoms with Gasteiger partial charge in [0.1, 0.15) is 16.4 Å². The van der Waals surface area contributed by atoms with Crippen molar-refractivity contribution in [3.63, 3.8) is 0 Å². The molecule has 140 valence electrons. The molecule has 0 bridgehead atoms. The lowest BCUT2D eigenvalue weighted by Crippen LogP contribution is -2.34. The van der Waals surface area contributed by atoms with Crippen LogP contribution in [-0.4, -0.2) is 39.7 Å². The van der Waals surface area contributed by atoms with Crippen molar-refractivity contribution in [2.75, 3.05) is 24.2 Å². The zero-order chi connectivity index (χ0) is 19.1. The molecule has 0 radical (unpaired) electrons. The molecule has 26 heavy (non-hydrogen) atoms. The van der Waals surface area contributed by atoms with Gasteiger partial charge in [-0.05, 0) is 0 Å². The quantitative estimate of drug-likeness (QED) is 0.711. The zero-order valence-corrected chi connectivity index (χ0v) is 14.9. The summed E-state index contributed by atoms with van der Waals surface area (Å²) in [5.41, 5.74) is -0.284. The van der Waals surface area contributed by atoms with Crippen LogP contribution in [0.3, 0.4) is 0 Å². The lowest BCUT2D eigenvalue weighted by atomic mass is 10.1. The minimum Gasteiger partial charge on any atom is -0.465 e. The fraction of sp³-hybridized carbons (Fsp3) is 0.357. The summed E-state index contributed by atoms with van der Waals surface area (Å²) in [6.45, 7) is 0.524. The van der Waals surface area contributed by atoms with E-state index in [4.69, 9.17) is 16.7 Å². The molecule has 0 fully saturated rings. The minimum absolute atomic E-state index is 0.0436. The Morgan fingerprint density at radius 2 is 2.19 bits per heavy atom. The van der Waals surface area contributed by atoms with Crippen molar-refractivity contribution in [2.24, 2.45) is 0 Å². The summed E-state index contributed by atoms with van der Waals surface area (Å²) in [5, 5.41) is 15.1. The second-order valence-electron chi connectivity index (χ2n) is 5.43. The number of alkyl halides is 3. The van der Waals surface area contributed by atoms with Gasteiger partial charge in [0.15, 0.2) is 0 Å². The molecule has 0 unspecified atom stereocenters. The summed E-state index contributed by atoms with van der Waals surface area (Å²) in [6.07, 6.45) is -4.40.